The molecule has 3 rings (SSSR count). The maximum Gasteiger partial charge on any atom is 0.321 e. The second kappa shape index (κ2) is 10.2. The van der Waals surface area contributed by atoms with Gasteiger partial charge in [0.05, 0.1) is 4.90 Å². The first-order valence-electron chi connectivity index (χ1n) is 9.90. The van der Waals surface area contributed by atoms with Gasteiger partial charge in [0.15, 0.2) is 0 Å². The lowest BCUT2D eigenvalue weighted by Crippen LogP contribution is -2.32. The lowest BCUT2D eigenvalue weighted by Gasteiger charge is -2.16. The number of benzene rings is 2. The van der Waals surface area contributed by atoms with Crippen LogP contribution in [0.1, 0.15) is 24.8 Å². The Hall–Kier alpha value is -2.91. The molecule has 2 aromatic rings. The minimum absolute atomic E-state index is 0.00892. The maximum absolute atomic E-state index is 12.2. The highest BCUT2D eigenvalue weighted by Crippen LogP contribution is 2.14. The molecule has 0 unspecified atom stereocenters. The molecule has 1 aliphatic rings. The van der Waals surface area contributed by atoms with Gasteiger partial charge in [-0.15, -0.1) is 0 Å². The summed E-state index contributed by atoms with van der Waals surface area (Å²) in [7, 11) is -3.62. The molecular weight excluding hydrogens is 404 g/mol. The molecule has 30 heavy (non-hydrogen) atoms. The molecule has 3 amide bonds. The molecule has 2 aromatic carbocycles. The first kappa shape index (κ1) is 21.8. The maximum atomic E-state index is 12.2. The topological polar surface area (TPSA) is 108 Å². The summed E-state index contributed by atoms with van der Waals surface area (Å²) in [5, 5.41) is 5.64. The highest BCUT2D eigenvalue weighted by atomic mass is 32.2. The molecule has 160 valence electrons. The fourth-order valence-corrected chi connectivity index (χ4v) is 4.21. The molecule has 0 atom stereocenters. The molecule has 9 heteroatoms. The molecule has 0 saturated carbocycles. The Labute approximate surface area is 176 Å². The second-order valence-corrected chi connectivity index (χ2v) is 8.83. The van der Waals surface area contributed by atoms with Crippen molar-refractivity contribution in [3.63, 3.8) is 0 Å². The lowest BCUT2D eigenvalue weighted by molar-refractivity contribution is -0.121. The standard InChI is InChI=1S/C21H26N4O4S/c26-20(11-12-23-30(28,29)19-9-2-1-3-10-19)22-16-17-7-6-8-18(15-17)24-21(27)25-13-4-5-14-25/h1-3,6-10,15,23H,4-5,11-14,16H2,(H,22,26)(H,24,27). The number of nitrogens with one attached hydrogen (secondary N) is 3. The van der Waals surface area contributed by atoms with Crippen molar-refractivity contribution in [1.82, 2.24) is 14.9 Å². The van der Waals surface area contributed by atoms with Gasteiger partial charge in [-0.3, -0.25) is 4.79 Å². The second-order valence-electron chi connectivity index (χ2n) is 7.06. The number of hydrogen-bond donors (Lipinski definition) is 3. The van der Waals surface area contributed by atoms with E-state index in [1.807, 2.05) is 18.2 Å². The Morgan fingerprint density at radius 2 is 1.70 bits per heavy atom. The van der Waals surface area contributed by atoms with Gasteiger partial charge in [-0.1, -0.05) is 30.3 Å². The number of sulfonamides is 1. The Morgan fingerprint density at radius 1 is 0.967 bits per heavy atom. The molecule has 8 nitrogen and oxygen atoms in total. The average Bonchev–Trinajstić information content (AvgIpc) is 3.28. The number of anilines is 1. The number of urea groups is 1. The summed E-state index contributed by atoms with van der Waals surface area (Å²) in [6.45, 7) is 1.85. The number of amides is 3. The number of likely N-dealkylation sites (tertiary alicyclic amines) is 1. The van der Waals surface area contributed by atoms with Crippen LogP contribution >= 0.6 is 0 Å². The van der Waals surface area contributed by atoms with Crippen LogP contribution in [0.2, 0.25) is 0 Å². The summed E-state index contributed by atoms with van der Waals surface area (Å²) in [5.74, 6) is -0.266. The van der Waals surface area contributed by atoms with Crippen LogP contribution in [0.4, 0.5) is 10.5 Å². The predicted molar refractivity (Wildman–Crippen MR) is 114 cm³/mol. The van der Waals surface area contributed by atoms with Gasteiger partial charge in [0.25, 0.3) is 0 Å². The molecule has 1 saturated heterocycles. The van der Waals surface area contributed by atoms with E-state index in [-0.39, 0.29) is 36.3 Å². The van der Waals surface area contributed by atoms with Gasteiger partial charge >= 0.3 is 6.03 Å². The molecule has 0 bridgehead atoms. The third-order valence-corrected chi connectivity index (χ3v) is 6.24. The van der Waals surface area contributed by atoms with Crippen LogP contribution in [-0.4, -0.2) is 44.9 Å². The quantitative estimate of drug-likeness (QED) is 0.597. The van der Waals surface area contributed by atoms with Gasteiger partial charge in [0.1, 0.15) is 0 Å². The van der Waals surface area contributed by atoms with Crippen molar-refractivity contribution in [1.29, 1.82) is 0 Å². The van der Waals surface area contributed by atoms with E-state index in [4.69, 9.17) is 0 Å². The summed E-state index contributed by atoms with van der Waals surface area (Å²) in [6, 6.07) is 15.2. The molecule has 0 aromatic heterocycles. The SMILES string of the molecule is O=C(CCNS(=O)(=O)c1ccccc1)NCc1cccc(NC(=O)N2CCCC2)c1. The number of carbonyl (C=O) groups is 2. The van der Waals surface area contributed by atoms with Crippen molar-refractivity contribution in [2.45, 2.75) is 30.7 Å². The van der Waals surface area contributed by atoms with Gasteiger partial charge < -0.3 is 15.5 Å². The van der Waals surface area contributed by atoms with Crippen molar-refractivity contribution in [3.8, 4) is 0 Å². The normalized spacial score (nSPS) is 13.8. The van der Waals surface area contributed by atoms with Crippen molar-refractivity contribution in [3.05, 3.63) is 60.2 Å². The lowest BCUT2D eigenvalue weighted by atomic mass is 10.2. The van der Waals surface area contributed by atoms with Crippen LogP contribution in [0.5, 0.6) is 0 Å². The van der Waals surface area contributed by atoms with Crippen molar-refractivity contribution < 1.29 is 18.0 Å². The molecular formula is C21H26N4O4S. The minimum Gasteiger partial charge on any atom is -0.352 e. The number of nitrogens with zero attached hydrogens (tertiary/aromatic N) is 1. The predicted octanol–water partition coefficient (Wildman–Crippen LogP) is 2.30. The molecule has 1 heterocycles. The van der Waals surface area contributed by atoms with Crippen LogP contribution in [-0.2, 0) is 21.4 Å². The largest absolute Gasteiger partial charge is 0.352 e. The van der Waals surface area contributed by atoms with Crippen LogP contribution in [0.3, 0.4) is 0 Å². The van der Waals surface area contributed by atoms with E-state index in [0.717, 1.165) is 31.5 Å². The number of carbonyl (C=O) groups excluding carboxylic acids is 2. The van der Waals surface area contributed by atoms with Crippen LogP contribution < -0.4 is 15.4 Å². The fraction of sp³-hybridized carbons (Fsp3) is 0.333. The summed E-state index contributed by atoms with van der Waals surface area (Å²) in [4.78, 5) is 26.2. The van der Waals surface area contributed by atoms with Gasteiger partial charge in [-0.2, -0.15) is 0 Å². The zero-order valence-corrected chi connectivity index (χ0v) is 17.5. The van der Waals surface area contributed by atoms with Crippen LogP contribution in [0.15, 0.2) is 59.5 Å². The van der Waals surface area contributed by atoms with E-state index in [9.17, 15) is 18.0 Å². The number of rotatable bonds is 8. The molecule has 0 radical (unpaired) electrons. The minimum atomic E-state index is -3.62. The van der Waals surface area contributed by atoms with Crippen molar-refractivity contribution in [2.75, 3.05) is 25.0 Å². The highest BCUT2D eigenvalue weighted by molar-refractivity contribution is 7.89. The monoisotopic (exact) mass is 430 g/mol. The van der Waals surface area contributed by atoms with E-state index in [2.05, 4.69) is 15.4 Å². The number of hydrogen-bond acceptors (Lipinski definition) is 4. The Kier molecular flexibility index (Phi) is 7.42. The summed E-state index contributed by atoms with van der Waals surface area (Å²) in [6.07, 6.45) is 2.08. The van der Waals surface area contributed by atoms with Crippen molar-refractivity contribution >= 4 is 27.6 Å². The third kappa shape index (κ3) is 6.30. The average molecular weight is 431 g/mol. The molecule has 0 spiro atoms. The van der Waals surface area contributed by atoms with Gasteiger partial charge in [0, 0.05) is 38.3 Å². The smallest absolute Gasteiger partial charge is 0.321 e. The molecule has 3 N–H and O–H groups in total. The Bertz CT molecular complexity index is 974. The van der Waals surface area contributed by atoms with E-state index in [1.165, 1.54) is 12.1 Å². The molecule has 1 fully saturated rings. The zero-order chi connectivity index (χ0) is 21.4. The Balaban J connectivity index is 1.43. The van der Waals surface area contributed by atoms with Crippen LogP contribution in [0, 0.1) is 0 Å². The fourth-order valence-electron chi connectivity index (χ4n) is 3.15. The summed E-state index contributed by atoms with van der Waals surface area (Å²) in [5.41, 5.74) is 1.52. The van der Waals surface area contributed by atoms with Crippen molar-refractivity contribution in [2.24, 2.45) is 0 Å². The summed E-state index contributed by atoms with van der Waals surface area (Å²) >= 11 is 0. The van der Waals surface area contributed by atoms with E-state index < -0.39 is 10.0 Å². The van der Waals surface area contributed by atoms with E-state index in [0.29, 0.717) is 5.69 Å². The van der Waals surface area contributed by atoms with Gasteiger partial charge in [-0.05, 0) is 42.7 Å². The summed E-state index contributed by atoms with van der Waals surface area (Å²) < 4.78 is 26.7. The first-order valence-corrected chi connectivity index (χ1v) is 11.4. The third-order valence-electron chi connectivity index (χ3n) is 4.76. The van der Waals surface area contributed by atoms with Gasteiger partial charge in [-0.25, -0.2) is 17.9 Å². The van der Waals surface area contributed by atoms with Gasteiger partial charge in [0.2, 0.25) is 15.9 Å². The zero-order valence-electron chi connectivity index (χ0n) is 16.6. The molecule has 1 aliphatic heterocycles. The Morgan fingerprint density at radius 3 is 2.43 bits per heavy atom. The molecule has 0 aliphatic carbocycles. The van der Waals surface area contributed by atoms with E-state index >= 15 is 0 Å². The highest BCUT2D eigenvalue weighted by Gasteiger charge is 2.18. The van der Waals surface area contributed by atoms with Crippen LogP contribution in [0.25, 0.3) is 0 Å². The first-order chi connectivity index (χ1) is 14.4. The van der Waals surface area contributed by atoms with E-state index in [1.54, 1.807) is 29.2 Å².